The predicted octanol–water partition coefficient (Wildman–Crippen LogP) is 3.04. The number of ether oxygens (including phenoxy) is 1. The molecule has 1 rings (SSSR count). The van der Waals surface area contributed by atoms with Crippen molar-refractivity contribution in [3.05, 3.63) is 24.0 Å². The van der Waals surface area contributed by atoms with Gasteiger partial charge in [0.1, 0.15) is 12.4 Å². The minimum Gasteiger partial charge on any atom is -0.490 e. The maximum atomic E-state index is 12.5. The van der Waals surface area contributed by atoms with E-state index >= 15 is 0 Å². The third-order valence-electron chi connectivity index (χ3n) is 2.66. The van der Waals surface area contributed by atoms with Crippen molar-refractivity contribution in [1.82, 2.24) is 9.88 Å². The highest BCUT2D eigenvalue weighted by atomic mass is 35.5. The first-order chi connectivity index (χ1) is 8.84. The molecule has 0 fully saturated rings. The van der Waals surface area contributed by atoms with E-state index in [0.717, 1.165) is 12.3 Å². The molecule has 1 aromatic rings. The van der Waals surface area contributed by atoms with E-state index in [2.05, 4.69) is 4.98 Å². The lowest BCUT2D eigenvalue weighted by atomic mass is 10.2. The molecule has 1 aromatic heterocycles. The fourth-order valence-corrected chi connectivity index (χ4v) is 1.71. The average Bonchev–Trinajstić information content (AvgIpc) is 2.33. The normalized spacial score (nSPS) is 13.6. The molecular formula is C12H16ClF3N2O. The number of halogens is 4. The van der Waals surface area contributed by atoms with Crippen LogP contribution in [0.15, 0.2) is 18.5 Å². The molecule has 0 saturated carbocycles. The van der Waals surface area contributed by atoms with Gasteiger partial charge in [-0.1, -0.05) is 0 Å². The van der Waals surface area contributed by atoms with E-state index in [4.69, 9.17) is 16.3 Å². The Kier molecular flexibility index (Phi) is 5.87. The molecule has 0 N–H and O–H groups in total. The van der Waals surface area contributed by atoms with Crippen LogP contribution >= 0.6 is 11.6 Å². The van der Waals surface area contributed by atoms with Crippen molar-refractivity contribution < 1.29 is 17.9 Å². The molecule has 0 amide bonds. The number of alkyl halides is 4. The number of hydrogen-bond acceptors (Lipinski definition) is 3. The van der Waals surface area contributed by atoms with Gasteiger partial charge >= 0.3 is 6.18 Å². The molecule has 0 aliphatic heterocycles. The number of aromatic nitrogens is 1. The molecule has 1 atom stereocenters. The van der Waals surface area contributed by atoms with Crippen molar-refractivity contribution in [3.63, 3.8) is 0 Å². The van der Waals surface area contributed by atoms with Gasteiger partial charge < -0.3 is 9.64 Å². The van der Waals surface area contributed by atoms with Crippen molar-refractivity contribution in [2.45, 2.75) is 18.6 Å². The second-order valence-corrected chi connectivity index (χ2v) is 4.69. The van der Waals surface area contributed by atoms with Gasteiger partial charge in [0.25, 0.3) is 0 Å². The monoisotopic (exact) mass is 296 g/mol. The quantitative estimate of drug-likeness (QED) is 0.755. The second-order valence-electron chi connectivity index (χ2n) is 4.31. The van der Waals surface area contributed by atoms with E-state index in [9.17, 15) is 13.2 Å². The van der Waals surface area contributed by atoms with E-state index < -0.39 is 11.7 Å². The molecule has 0 spiro atoms. The van der Waals surface area contributed by atoms with Crippen molar-refractivity contribution in [2.75, 3.05) is 26.6 Å². The number of hydrogen-bond donors (Lipinski definition) is 0. The van der Waals surface area contributed by atoms with Gasteiger partial charge in [0, 0.05) is 18.1 Å². The summed E-state index contributed by atoms with van der Waals surface area (Å²) in [5, 5.41) is 0. The molecule has 0 aliphatic carbocycles. The third kappa shape index (κ3) is 5.24. The van der Waals surface area contributed by atoms with Gasteiger partial charge in [-0.05, 0) is 26.6 Å². The van der Waals surface area contributed by atoms with E-state index in [1.54, 1.807) is 0 Å². The van der Waals surface area contributed by atoms with Crippen LogP contribution in [0.3, 0.4) is 0 Å². The molecule has 0 unspecified atom stereocenters. The Hall–Kier alpha value is -1.01. The lowest BCUT2D eigenvalue weighted by Crippen LogP contribution is -2.34. The summed E-state index contributed by atoms with van der Waals surface area (Å²) in [5.74, 6) is 0.573. The fraction of sp³-hybridized carbons (Fsp3) is 0.583. The topological polar surface area (TPSA) is 25.4 Å². The Morgan fingerprint density at radius 1 is 1.37 bits per heavy atom. The van der Waals surface area contributed by atoms with Crippen LogP contribution in [0.1, 0.15) is 12.0 Å². The molecule has 0 bridgehead atoms. The molecule has 1 heterocycles. The fourth-order valence-electron chi connectivity index (χ4n) is 1.46. The second kappa shape index (κ2) is 6.96. The van der Waals surface area contributed by atoms with Gasteiger partial charge in [0.15, 0.2) is 0 Å². The Morgan fingerprint density at radius 2 is 2.05 bits per heavy atom. The lowest BCUT2D eigenvalue weighted by Gasteiger charge is -2.23. The van der Waals surface area contributed by atoms with Crippen molar-refractivity contribution >= 4 is 11.6 Å². The molecule has 0 aliphatic rings. The summed E-state index contributed by atoms with van der Waals surface area (Å²) in [7, 11) is 3.73. The summed E-state index contributed by atoms with van der Waals surface area (Å²) in [5.41, 5.74) is -0.816. The van der Waals surface area contributed by atoms with Gasteiger partial charge in [-0.25, -0.2) is 0 Å². The zero-order valence-corrected chi connectivity index (χ0v) is 11.5. The van der Waals surface area contributed by atoms with Gasteiger partial charge in [-0.2, -0.15) is 13.2 Å². The molecule has 0 saturated heterocycles. The van der Waals surface area contributed by atoms with Crippen LogP contribution < -0.4 is 4.74 Å². The molecule has 19 heavy (non-hydrogen) atoms. The highest BCUT2D eigenvalue weighted by molar-refractivity contribution is 6.17. The molecule has 0 radical (unpaired) electrons. The van der Waals surface area contributed by atoms with Crippen LogP contribution in [0.4, 0.5) is 13.2 Å². The Labute approximate surface area is 115 Å². The first-order valence-electron chi connectivity index (χ1n) is 5.72. The van der Waals surface area contributed by atoms with E-state index in [1.165, 1.54) is 6.20 Å². The standard InChI is InChI=1S/C12H16ClF3N2O/c1-18(2)10(3-4-13)8-19-11-5-9(6-17-7-11)12(14,15)16/h5-7,10H,3-4,8H2,1-2H3/t10-/m0/s1. The molecule has 108 valence electrons. The summed E-state index contributed by atoms with van der Waals surface area (Å²) in [6, 6.07) is 0.993. The zero-order chi connectivity index (χ0) is 14.5. The molecule has 3 nitrogen and oxygen atoms in total. The third-order valence-corrected chi connectivity index (χ3v) is 2.87. The molecule has 7 heteroatoms. The summed E-state index contributed by atoms with van der Waals surface area (Å²) in [6.45, 7) is 0.267. The summed E-state index contributed by atoms with van der Waals surface area (Å²) >= 11 is 5.66. The minimum atomic E-state index is -4.41. The first-order valence-corrected chi connectivity index (χ1v) is 6.25. The Bertz CT molecular complexity index is 399. The lowest BCUT2D eigenvalue weighted by molar-refractivity contribution is -0.138. The summed E-state index contributed by atoms with van der Waals surface area (Å²) in [4.78, 5) is 5.46. The van der Waals surface area contributed by atoms with Gasteiger partial charge in [-0.15, -0.1) is 11.6 Å². The highest BCUT2D eigenvalue weighted by Gasteiger charge is 2.31. The summed E-state index contributed by atoms with van der Waals surface area (Å²) < 4.78 is 42.8. The van der Waals surface area contributed by atoms with Crippen LogP contribution in [0, 0.1) is 0 Å². The largest absolute Gasteiger partial charge is 0.490 e. The SMILES string of the molecule is CN(C)[C@@H](CCCl)COc1cncc(C(F)(F)F)c1. The zero-order valence-electron chi connectivity index (χ0n) is 10.7. The first kappa shape index (κ1) is 16.0. The smallest absolute Gasteiger partial charge is 0.418 e. The van der Waals surface area contributed by atoms with Crippen molar-refractivity contribution in [2.24, 2.45) is 0 Å². The predicted molar refractivity (Wildman–Crippen MR) is 67.5 cm³/mol. The Balaban J connectivity index is 2.67. The Morgan fingerprint density at radius 3 is 2.58 bits per heavy atom. The number of nitrogens with zero attached hydrogens (tertiary/aromatic N) is 2. The van der Waals surface area contributed by atoms with Crippen molar-refractivity contribution in [3.8, 4) is 5.75 Å². The highest BCUT2D eigenvalue weighted by Crippen LogP contribution is 2.30. The van der Waals surface area contributed by atoms with Gasteiger partial charge in [-0.3, -0.25) is 4.98 Å². The van der Waals surface area contributed by atoms with Gasteiger partial charge in [0.2, 0.25) is 0 Å². The van der Waals surface area contributed by atoms with Crippen LogP contribution in [0.2, 0.25) is 0 Å². The maximum Gasteiger partial charge on any atom is 0.418 e. The average molecular weight is 297 g/mol. The number of rotatable bonds is 6. The molecular weight excluding hydrogens is 281 g/mol. The minimum absolute atomic E-state index is 0.0482. The van der Waals surface area contributed by atoms with E-state index in [-0.39, 0.29) is 18.4 Å². The van der Waals surface area contributed by atoms with Gasteiger partial charge in [0.05, 0.1) is 11.8 Å². The van der Waals surface area contributed by atoms with E-state index in [0.29, 0.717) is 12.3 Å². The van der Waals surface area contributed by atoms with Crippen LogP contribution in [-0.2, 0) is 6.18 Å². The van der Waals surface area contributed by atoms with Crippen molar-refractivity contribution in [1.29, 1.82) is 0 Å². The maximum absolute atomic E-state index is 12.5. The van der Waals surface area contributed by atoms with Crippen LogP contribution in [-0.4, -0.2) is 42.5 Å². The van der Waals surface area contributed by atoms with E-state index in [1.807, 2.05) is 19.0 Å². The molecule has 0 aromatic carbocycles. The number of pyridine rings is 1. The van der Waals surface area contributed by atoms with Crippen LogP contribution in [0.5, 0.6) is 5.75 Å². The number of likely N-dealkylation sites (N-methyl/N-ethyl adjacent to an activating group) is 1. The van der Waals surface area contributed by atoms with Crippen LogP contribution in [0.25, 0.3) is 0 Å². The summed E-state index contributed by atoms with van der Waals surface area (Å²) in [6.07, 6.45) is -1.68.